The molecule has 3 nitrogen and oxygen atoms in total. The van der Waals surface area contributed by atoms with Crippen LogP contribution in [0.15, 0.2) is 63.8 Å². The number of unbranched alkanes of at least 4 members (excludes halogenated alkanes) is 2. The van der Waals surface area contributed by atoms with E-state index in [9.17, 15) is 4.79 Å². The van der Waals surface area contributed by atoms with Crippen LogP contribution in [0, 0.1) is 0 Å². The summed E-state index contributed by atoms with van der Waals surface area (Å²) in [6, 6.07) is 16.5. The van der Waals surface area contributed by atoms with Gasteiger partial charge in [-0.05, 0) is 37.5 Å². The van der Waals surface area contributed by atoms with E-state index in [2.05, 4.69) is 0 Å². The Bertz CT molecular complexity index is 856. The van der Waals surface area contributed by atoms with E-state index in [1.807, 2.05) is 36.4 Å². The number of rotatable bonds is 7. The molecule has 0 radical (unpaired) electrons. The maximum absolute atomic E-state index is 12.4. The molecule has 0 fully saturated rings. The van der Waals surface area contributed by atoms with Gasteiger partial charge in [-0.1, -0.05) is 30.3 Å². The van der Waals surface area contributed by atoms with E-state index in [4.69, 9.17) is 20.8 Å². The lowest BCUT2D eigenvalue weighted by molar-refractivity contribution is 0.306. The highest BCUT2D eigenvalue weighted by molar-refractivity contribution is 6.17. The van der Waals surface area contributed by atoms with Crippen molar-refractivity contribution in [3.63, 3.8) is 0 Å². The first kappa shape index (κ1) is 16.6. The Balaban J connectivity index is 1.81. The molecule has 2 aromatic carbocycles. The average Bonchev–Trinajstić information content (AvgIpc) is 2.62. The highest BCUT2D eigenvalue weighted by Crippen LogP contribution is 2.24. The summed E-state index contributed by atoms with van der Waals surface area (Å²) in [7, 11) is 0. The zero-order valence-electron chi connectivity index (χ0n) is 13.3. The summed E-state index contributed by atoms with van der Waals surface area (Å²) in [5, 5.41) is 0.535. The van der Waals surface area contributed by atoms with Crippen LogP contribution in [-0.2, 0) is 0 Å². The van der Waals surface area contributed by atoms with Crippen LogP contribution < -0.4 is 10.2 Å². The molecule has 0 aliphatic heterocycles. The van der Waals surface area contributed by atoms with Crippen molar-refractivity contribution in [1.82, 2.24) is 0 Å². The van der Waals surface area contributed by atoms with Crippen LogP contribution in [0.1, 0.15) is 19.3 Å². The van der Waals surface area contributed by atoms with Crippen molar-refractivity contribution in [2.45, 2.75) is 19.3 Å². The predicted molar refractivity (Wildman–Crippen MR) is 98.0 cm³/mol. The lowest BCUT2D eigenvalue weighted by Gasteiger charge is -2.07. The SMILES string of the molecule is O=c1cc(-c2ccccc2)oc2ccc(OCCCCCCl)cc12. The van der Waals surface area contributed by atoms with Gasteiger partial charge in [0, 0.05) is 17.5 Å². The zero-order valence-corrected chi connectivity index (χ0v) is 14.1. The van der Waals surface area contributed by atoms with Gasteiger partial charge in [-0.2, -0.15) is 0 Å². The van der Waals surface area contributed by atoms with Crippen LogP contribution in [0.25, 0.3) is 22.3 Å². The highest BCUT2D eigenvalue weighted by atomic mass is 35.5. The quantitative estimate of drug-likeness (QED) is 0.435. The van der Waals surface area contributed by atoms with Gasteiger partial charge in [0.05, 0.1) is 12.0 Å². The van der Waals surface area contributed by atoms with E-state index in [1.165, 1.54) is 6.07 Å². The van der Waals surface area contributed by atoms with E-state index >= 15 is 0 Å². The smallest absolute Gasteiger partial charge is 0.193 e. The number of halogens is 1. The molecule has 0 N–H and O–H groups in total. The first-order chi connectivity index (χ1) is 11.8. The van der Waals surface area contributed by atoms with Crippen molar-refractivity contribution in [2.75, 3.05) is 12.5 Å². The molecular formula is C20H19ClO3. The second kappa shape index (κ2) is 8.02. The third-order valence-corrected chi connectivity index (χ3v) is 4.07. The van der Waals surface area contributed by atoms with E-state index in [-0.39, 0.29) is 5.43 Å². The Morgan fingerprint density at radius 2 is 1.79 bits per heavy atom. The van der Waals surface area contributed by atoms with Crippen LogP contribution >= 0.6 is 11.6 Å². The van der Waals surface area contributed by atoms with E-state index in [0.29, 0.717) is 35.0 Å². The van der Waals surface area contributed by atoms with Gasteiger partial charge in [-0.25, -0.2) is 0 Å². The van der Waals surface area contributed by atoms with Gasteiger partial charge in [0.2, 0.25) is 0 Å². The molecule has 0 saturated heterocycles. The molecule has 124 valence electrons. The molecule has 24 heavy (non-hydrogen) atoms. The van der Waals surface area contributed by atoms with Gasteiger partial charge in [0.25, 0.3) is 0 Å². The van der Waals surface area contributed by atoms with Crippen molar-refractivity contribution >= 4 is 22.6 Å². The van der Waals surface area contributed by atoms with Crippen LogP contribution in [0.5, 0.6) is 5.75 Å². The Morgan fingerprint density at radius 1 is 0.958 bits per heavy atom. The number of benzene rings is 2. The number of alkyl halides is 1. The van der Waals surface area contributed by atoms with Crippen LogP contribution in [0.2, 0.25) is 0 Å². The Labute approximate surface area is 145 Å². The van der Waals surface area contributed by atoms with Crippen molar-refractivity contribution in [1.29, 1.82) is 0 Å². The largest absolute Gasteiger partial charge is 0.494 e. The summed E-state index contributed by atoms with van der Waals surface area (Å²) in [6.07, 6.45) is 2.99. The summed E-state index contributed by atoms with van der Waals surface area (Å²) in [5.41, 5.74) is 1.38. The van der Waals surface area contributed by atoms with E-state index < -0.39 is 0 Å². The second-order valence-electron chi connectivity index (χ2n) is 5.60. The van der Waals surface area contributed by atoms with E-state index in [0.717, 1.165) is 24.8 Å². The zero-order chi connectivity index (χ0) is 16.8. The average molecular weight is 343 g/mol. The van der Waals surface area contributed by atoms with Gasteiger partial charge < -0.3 is 9.15 Å². The maximum Gasteiger partial charge on any atom is 0.193 e. The Morgan fingerprint density at radius 3 is 2.58 bits per heavy atom. The van der Waals surface area contributed by atoms with Gasteiger partial charge >= 0.3 is 0 Å². The summed E-state index contributed by atoms with van der Waals surface area (Å²) < 4.78 is 11.6. The minimum absolute atomic E-state index is 0.0670. The van der Waals surface area contributed by atoms with Crippen LogP contribution in [0.4, 0.5) is 0 Å². The number of fused-ring (bicyclic) bond motifs is 1. The van der Waals surface area contributed by atoms with Crippen LogP contribution in [0.3, 0.4) is 0 Å². The second-order valence-corrected chi connectivity index (χ2v) is 5.97. The van der Waals surface area contributed by atoms with Crippen molar-refractivity contribution in [3.05, 3.63) is 64.8 Å². The molecule has 0 amide bonds. The number of hydrogen-bond donors (Lipinski definition) is 0. The van der Waals surface area contributed by atoms with Crippen molar-refractivity contribution < 1.29 is 9.15 Å². The summed E-state index contributed by atoms with van der Waals surface area (Å²) in [6.45, 7) is 0.621. The van der Waals surface area contributed by atoms with Gasteiger partial charge in [-0.3, -0.25) is 4.79 Å². The molecule has 0 atom stereocenters. The summed E-state index contributed by atoms with van der Waals surface area (Å²) >= 11 is 5.65. The van der Waals surface area contributed by atoms with Gasteiger partial charge in [0.15, 0.2) is 5.43 Å². The molecule has 0 spiro atoms. The molecular weight excluding hydrogens is 324 g/mol. The topological polar surface area (TPSA) is 39.4 Å². The maximum atomic E-state index is 12.4. The van der Waals surface area contributed by atoms with Crippen molar-refractivity contribution in [2.24, 2.45) is 0 Å². The molecule has 0 saturated carbocycles. The normalized spacial score (nSPS) is 10.9. The van der Waals surface area contributed by atoms with Gasteiger partial charge in [0.1, 0.15) is 17.1 Å². The van der Waals surface area contributed by atoms with Crippen LogP contribution in [-0.4, -0.2) is 12.5 Å². The third kappa shape index (κ3) is 3.98. The Kier molecular flexibility index (Phi) is 5.55. The fraction of sp³-hybridized carbons (Fsp3) is 0.250. The minimum Gasteiger partial charge on any atom is -0.494 e. The molecule has 1 aromatic heterocycles. The lowest BCUT2D eigenvalue weighted by Crippen LogP contribution is -2.02. The molecule has 3 rings (SSSR count). The molecule has 1 heterocycles. The first-order valence-electron chi connectivity index (χ1n) is 8.10. The van der Waals surface area contributed by atoms with Gasteiger partial charge in [-0.15, -0.1) is 11.6 Å². The molecule has 3 aromatic rings. The molecule has 0 bridgehead atoms. The first-order valence-corrected chi connectivity index (χ1v) is 8.63. The molecule has 0 aliphatic carbocycles. The fourth-order valence-electron chi connectivity index (χ4n) is 2.53. The van der Waals surface area contributed by atoms with E-state index in [1.54, 1.807) is 12.1 Å². The molecule has 0 unspecified atom stereocenters. The molecule has 0 aliphatic rings. The monoisotopic (exact) mass is 342 g/mol. The fourth-order valence-corrected chi connectivity index (χ4v) is 2.72. The standard InChI is InChI=1S/C20H19ClO3/c21-11-5-2-6-12-23-16-9-10-19-17(13-16)18(22)14-20(24-19)15-7-3-1-4-8-15/h1,3-4,7-10,13-14H,2,5-6,11-12H2. The molecule has 4 heteroatoms. The third-order valence-electron chi connectivity index (χ3n) is 3.80. The summed E-state index contributed by atoms with van der Waals surface area (Å²) in [5.74, 6) is 1.94. The summed E-state index contributed by atoms with van der Waals surface area (Å²) in [4.78, 5) is 12.4. The lowest BCUT2D eigenvalue weighted by atomic mass is 10.1. The number of ether oxygens (including phenoxy) is 1. The minimum atomic E-state index is -0.0670. The highest BCUT2D eigenvalue weighted by Gasteiger charge is 2.08. The Hall–Kier alpha value is -2.26. The predicted octanol–water partition coefficient (Wildman–Crippen LogP) is 5.25. The van der Waals surface area contributed by atoms with Crippen molar-refractivity contribution in [3.8, 4) is 17.1 Å². The number of hydrogen-bond acceptors (Lipinski definition) is 3.